The number of imidazole rings is 1. The van der Waals surface area contributed by atoms with Crippen LogP contribution in [0.5, 0.6) is 5.88 Å². The lowest BCUT2D eigenvalue weighted by Crippen LogP contribution is -2.34. The van der Waals surface area contributed by atoms with Gasteiger partial charge in [-0.1, -0.05) is 49.4 Å². The molecule has 1 fully saturated rings. The molecule has 1 saturated carbocycles. The molecule has 2 aromatic heterocycles. The van der Waals surface area contributed by atoms with Gasteiger partial charge in [0.1, 0.15) is 18.2 Å². The van der Waals surface area contributed by atoms with E-state index in [-0.39, 0.29) is 29.7 Å². The Bertz CT molecular complexity index is 1170. The van der Waals surface area contributed by atoms with E-state index in [0.29, 0.717) is 29.5 Å². The fraction of sp³-hybridized carbons (Fsp3) is 0.440. The maximum absolute atomic E-state index is 11.8. The van der Waals surface area contributed by atoms with Crippen LogP contribution in [0.4, 0.5) is 0 Å². The van der Waals surface area contributed by atoms with Crippen molar-refractivity contribution in [1.29, 1.82) is 0 Å². The van der Waals surface area contributed by atoms with Crippen molar-refractivity contribution in [2.75, 3.05) is 0 Å². The molecule has 0 saturated heterocycles. The lowest BCUT2D eigenvalue weighted by molar-refractivity contribution is -0.116. The molecule has 2 heterocycles. The van der Waals surface area contributed by atoms with E-state index in [4.69, 9.17) is 9.72 Å². The van der Waals surface area contributed by atoms with Crippen LogP contribution < -0.4 is 4.74 Å². The van der Waals surface area contributed by atoms with E-state index in [9.17, 15) is 9.59 Å². The first kappa shape index (κ1) is 23.3. The normalized spacial score (nSPS) is 21.0. The quantitative estimate of drug-likeness (QED) is 0.386. The number of allylic oxidation sites excluding steroid dienone is 1. The van der Waals surface area contributed by atoms with Gasteiger partial charge in [-0.2, -0.15) is 4.98 Å². The van der Waals surface area contributed by atoms with Crippen LogP contribution in [0.25, 0.3) is 11.2 Å². The number of Topliss-reactive ketones (excluding diaryl/α,β-unsaturated/α-hetero) is 1. The van der Waals surface area contributed by atoms with E-state index in [1.54, 1.807) is 6.33 Å². The first-order valence-corrected chi connectivity index (χ1v) is 14.5. The average molecular weight is 465 g/mol. The molecule has 174 valence electrons. The summed E-state index contributed by atoms with van der Waals surface area (Å²) in [4.78, 5) is 36.6. The molecule has 0 spiro atoms. The van der Waals surface area contributed by atoms with Gasteiger partial charge in [-0.15, -0.1) is 0 Å². The summed E-state index contributed by atoms with van der Waals surface area (Å²) < 4.78 is 8.08. The number of benzene rings is 1. The zero-order valence-electron chi connectivity index (χ0n) is 19.8. The third-order valence-corrected chi connectivity index (χ3v) is 9.06. The van der Waals surface area contributed by atoms with Crippen molar-refractivity contribution in [3.05, 3.63) is 60.2 Å². The molecule has 0 unspecified atom stereocenters. The smallest absolute Gasteiger partial charge is 0.246 e. The predicted molar refractivity (Wildman–Crippen MR) is 131 cm³/mol. The Morgan fingerprint density at radius 3 is 2.61 bits per heavy atom. The van der Waals surface area contributed by atoms with Crippen molar-refractivity contribution in [2.24, 2.45) is 5.92 Å². The maximum atomic E-state index is 11.8. The topological polar surface area (TPSA) is 90.1 Å². The summed E-state index contributed by atoms with van der Waals surface area (Å²) in [6.07, 6.45) is 3.65. The van der Waals surface area contributed by atoms with Gasteiger partial charge in [0.05, 0.1) is 18.8 Å². The van der Waals surface area contributed by atoms with Gasteiger partial charge in [0.15, 0.2) is 19.5 Å². The summed E-state index contributed by atoms with van der Waals surface area (Å²) in [5.41, 5.74) is 3.57. The van der Waals surface area contributed by atoms with E-state index in [0.717, 1.165) is 24.0 Å². The molecule has 0 bridgehead atoms. The number of ether oxygens (including phenoxy) is 1. The van der Waals surface area contributed by atoms with E-state index in [2.05, 4.69) is 23.5 Å². The van der Waals surface area contributed by atoms with Crippen LogP contribution in [0.3, 0.4) is 0 Å². The third-order valence-electron chi connectivity index (χ3n) is 6.61. The molecule has 0 radical (unpaired) electrons. The van der Waals surface area contributed by atoms with Crippen molar-refractivity contribution in [1.82, 2.24) is 19.5 Å². The van der Waals surface area contributed by atoms with E-state index in [1.807, 2.05) is 48.0 Å². The number of hydrogen-bond donors (Lipinski definition) is 1. The molecule has 1 aromatic carbocycles. The summed E-state index contributed by atoms with van der Waals surface area (Å²) >= 11 is 0. The largest absolute Gasteiger partial charge is 0.471 e. The molecule has 3 aromatic rings. The maximum Gasteiger partial charge on any atom is 0.246 e. The molecule has 0 aliphatic heterocycles. The van der Waals surface area contributed by atoms with Gasteiger partial charge in [0.2, 0.25) is 5.88 Å². The summed E-state index contributed by atoms with van der Waals surface area (Å²) in [5, 5.41) is 0. The Kier molecular flexibility index (Phi) is 6.49. The van der Waals surface area contributed by atoms with Gasteiger partial charge in [-0.05, 0) is 49.9 Å². The molecular formula is C25H32N4O3Si. The summed E-state index contributed by atoms with van der Waals surface area (Å²) in [5.74, 6) is 1.05. The Morgan fingerprint density at radius 1 is 1.27 bits per heavy atom. The Hall–Kier alpha value is -2.84. The molecule has 1 aliphatic carbocycles. The Labute approximate surface area is 195 Å². The molecule has 33 heavy (non-hydrogen) atoms. The molecule has 1 N–H and O–H groups in total. The lowest BCUT2D eigenvalue weighted by atomic mass is 10.00. The monoisotopic (exact) mass is 464 g/mol. The van der Waals surface area contributed by atoms with Crippen LogP contribution in [-0.2, 0) is 17.8 Å². The van der Waals surface area contributed by atoms with Crippen molar-refractivity contribution in [3.8, 4) is 5.88 Å². The summed E-state index contributed by atoms with van der Waals surface area (Å²) in [6, 6.07) is 9.85. The fourth-order valence-electron chi connectivity index (χ4n) is 4.97. The number of hydrogen-bond acceptors (Lipinski definition) is 6. The highest BCUT2D eigenvalue weighted by Crippen LogP contribution is 2.52. The average Bonchev–Trinajstić information content (AvgIpc) is 3.32. The highest BCUT2D eigenvalue weighted by atomic mass is 28.4. The van der Waals surface area contributed by atoms with Gasteiger partial charge in [0, 0.05) is 0 Å². The molecule has 0 amide bonds. The number of nitrogens with zero attached hydrogens (tertiary/aromatic N) is 4. The van der Waals surface area contributed by atoms with Gasteiger partial charge in [-0.25, -0.2) is 9.97 Å². The van der Waals surface area contributed by atoms with Gasteiger partial charge >= 0.3 is 0 Å². The molecule has 3 atom stereocenters. The minimum Gasteiger partial charge on any atom is -0.471 e. The van der Waals surface area contributed by atoms with Crippen LogP contribution in [0.15, 0.2) is 48.8 Å². The Morgan fingerprint density at radius 2 is 2.00 bits per heavy atom. The highest BCUT2D eigenvalue weighted by molar-refractivity contribution is 6.71. The van der Waals surface area contributed by atoms with Gasteiger partial charge < -0.3 is 14.1 Å². The van der Waals surface area contributed by atoms with Gasteiger partial charge in [-0.3, -0.25) is 4.79 Å². The minimum absolute atomic E-state index is 0.00840. The number of fused-ring (bicyclic) bond motifs is 1. The van der Waals surface area contributed by atoms with Crippen LogP contribution in [0.2, 0.25) is 18.6 Å². The number of carbonyl (C=O) groups excluding carboxylic acids is 1. The number of aromatic nitrogens is 4. The van der Waals surface area contributed by atoms with E-state index >= 15 is 0 Å². The van der Waals surface area contributed by atoms with Crippen LogP contribution in [0.1, 0.15) is 44.1 Å². The fourth-order valence-corrected chi connectivity index (χ4v) is 7.21. The van der Waals surface area contributed by atoms with Crippen molar-refractivity contribution >= 4 is 25.3 Å². The predicted octanol–water partition coefficient (Wildman–Crippen LogP) is 4.63. The van der Waals surface area contributed by atoms with Crippen molar-refractivity contribution < 1.29 is 14.3 Å². The zero-order valence-corrected chi connectivity index (χ0v) is 20.8. The zero-order chi connectivity index (χ0) is 23.8. The minimum atomic E-state index is -2.36. The SMILES string of the molecule is C=C1[C@H](CC)[C@@H]([Si](C)(C)O)C[C@@H]1n1cnc2c(OCc3ccccc3)nc(CC(C)=O)nc21. The molecule has 7 nitrogen and oxygen atoms in total. The van der Waals surface area contributed by atoms with E-state index < -0.39 is 8.32 Å². The second kappa shape index (κ2) is 9.19. The van der Waals surface area contributed by atoms with E-state index in [1.165, 1.54) is 6.92 Å². The molecule has 4 rings (SSSR count). The standard InChI is InChI=1S/C25H32N4O3Si/c1-6-19-17(3)20(13-21(19)33(4,5)31)29-15-26-23-24(29)27-22(12-16(2)30)28-25(23)32-14-18-10-8-7-9-11-18/h7-11,15,19-21,31H,3,6,12-14H2,1-2,4-5H3/t19-,20-,21-/m0/s1. The van der Waals surface area contributed by atoms with Crippen molar-refractivity contribution in [3.63, 3.8) is 0 Å². The molecule has 8 heteroatoms. The number of ketones is 1. The summed E-state index contributed by atoms with van der Waals surface area (Å²) in [7, 11) is -2.36. The summed E-state index contributed by atoms with van der Waals surface area (Å²) in [6.45, 7) is 12.5. The Balaban J connectivity index is 1.74. The number of rotatable bonds is 8. The van der Waals surface area contributed by atoms with Crippen molar-refractivity contribution in [2.45, 2.75) is 64.4 Å². The van der Waals surface area contributed by atoms with Gasteiger partial charge in [0.25, 0.3) is 0 Å². The second-order valence-electron chi connectivity index (χ2n) is 9.52. The first-order valence-electron chi connectivity index (χ1n) is 11.5. The number of carbonyl (C=O) groups is 1. The molecular weight excluding hydrogens is 432 g/mol. The highest BCUT2D eigenvalue weighted by Gasteiger charge is 2.46. The van der Waals surface area contributed by atoms with Crippen LogP contribution in [-0.4, -0.2) is 38.4 Å². The third kappa shape index (κ3) is 4.77. The first-order chi connectivity index (χ1) is 15.7. The second-order valence-corrected chi connectivity index (χ2v) is 13.6. The lowest BCUT2D eigenvalue weighted by Gasteiger charge is -2.27. The van der Waals surface area contributed by atoms with Crippen LogP contribution in [0, 0.1) is 5.92 Å². The molecule has 1 aliphatic rings. The van der Waals surface area contributed by atoms with Crippen LogP contribution >= 0.6 is 0 Å².